The molecule has 0 radical (unpaired) electrons. The molecule has 5 aliphatic rings. The number of allylic oxidation sites excluding steroid dienone is 2. The Hall–Kier alpha value is -0.720. The molecule has 5 N–H and O–H groups in total. The van der Waals surface area contributed by atoms with E-state index in [0.29, 0.717) is 25.2 Å². The average Bonchev–Trinajstić information content (AvgIpc) is 3.31. The molecule has 1 heterocycles. The van der Waals surface area contributed by atoms with Crippen LogP contribution >= 0.6 is 0 Å². The van der Waals surface area contributed by atoms with Crippen LogP contribution in [0.2, 0.25) is 0 Å². The maximum absolute atomic E-state index is 11.9. The van der Waals surface area contributed by atoms with Crippen LogP contribution in [0.15, 0.2) is 11.6 Å². The summed E-state index contributed by atoms with van der Waals surface area (Å²) in [5.41, 5.74) is -0.133. The van der Waals surface area contributed by atoms with E-state index in [1.807, 2.05) is 6.92 Å². The summed E-state index contributed by atoms with van der Waals surface area (Å²) in [6.07, 6.45) is 0.518. The van der Waals surface area contributed by atoms with E-state index in [1.165, 1.54) is 12.5 Å². The first kappa shape index (κ1) is 38.5. The largest absolute Gasteiger partial charge is 0.397 e. The lowest BCUT2D eigenvalue weighted by Crippen LogP contribution is -2.61. The van der Waals surface area contributed by atoms with Crippen LogP contribution < -0.4 is 0 Å². The van der Waals surface area contributed by atoms with Gasteiger partial charge in [-0.3, -0.25) is 9.11 Å². The summed E-state index contributed by atoms with van der Waals surface area (Å²) in [5, 5.41) is 33.7. The first-order valence-electron chi connectivity index (χ1n) is 17.5. The van der Waals surface area contributed by atoms with Gasteiger partial charge in [0.15, 0.2) is 6.29 Å². The van der Waals surface area contributed by atoms with E-state index in [-0.39, 0.29) is 35.5 Å². The maximum atomic E-state index is 11.9. The second-order valence-electron chi connectivity index (χ2n) is 16.4. The molecule has 0 aromatic heterocycles. The quantitative estimate of drug-likeness (QED) is 0.151. The molecule has 1 aliphatic heterocycles. The molecule has 48 heavy (non-hydrogen) atoms. The minimum Gasteiger partial charge on any atom is -0.390 e. The van der Waals surface area contributed by atoms with Crippen molar-refractivity contribution in [3.63, 3.8) is 0 Å². The van der Waals surface area contributed by atoms with E-state index >= 15 is 0 Å². The minimum absolute atomic E-state index is 0.0733. The SMILES string of the molecule is CC(C)CCC[C@](C)(O)[C@H]1CCC2C3C[C@H](O[C@@H]4O[C@H](C)[C@@H](OS(=O)(=O)O)[C@H](O)[C@H]4O)[C@H]4C[C@@H](OS(=O)(=O)O)CC[C@]4(C)C3=CC[C@@]21C. The first-order valence-corrected chi connectivity index (χ1v) is 20.2. The Morgan fingerprint density at radius 3 is 2.29 bits per heavy atom. The van der Waals surface area contributed by atoms with E-state index in [2.05, 4.69) is 38.0 Å². The lowest BCUT2D eigenvalue weighted by molar-refractivity contribution is -0.312. The Morgan fingerprint density at radius 2 is 1.67 bits per heavy atom. The molecule has 278 valence electrons. The smallest absolute Gasteiger partial charge is 0.390 e. The third-order valence-electron chi connectivity index (χ3n) is 12.8. The molecule has 4 aliphatic carbocycles. The predicted octanol–water partition coefficient (Wildman–Crippen LogP) is 3.98. The topological polar surface area (TPSA) is 206 Å². The van der Waals surface area contributed by atoms with Gasteiger partial charge >= 0.3 is 20.8 Å². The number of hydrogen-bond acceptors (Lipinski definition) is 11. The van der Waals surface area contributed by atoms with E-state index in [4.69, 9.17) is 13.7 Å². The summed E-state index contributed by atoms with van der Waals surface area (Å²) in [5.74, 6) is 0.669. The van der Waals surface area contributed by atoms with Gasteiger partial charge in [-0.15, -0.1) is 0 Å². The van der Waals surface area contributed by atoms with Crippen molar-refractivity contribution in [2.24, 2.45) is 40.4 Å². The van der Waals surface area contributed by atoms with E-state index in [9.17, 15) is 41.3 Å². The van der Waals surface area contributed by atoms with Crippen LogP contribution in [0, 0.1) is 40.4 Å². The summed E-state index contributed by atoms with van der Waals surface area (Å²) < 4.78 is 86.9. The summed E-state index contributed by atoms with van der Waals surface area (Å²) in [6, 6.07) is 0. The normalized spacial score (nSPS) is 44.8. The third-order valence-corrected chi connectivity index (χ3v) is 13.7. The van der Waals surface area contributed by atoms with Crippen molar-refractivity contribution in [3.05, 3.63) is 11.6 Å². The molecule has 0 aromatic rings. The predicted molar refractivity (Wildman–Crippen MR) is 174 cm³/mol. The Balaban J connectivity index is 1.44. The van der Waals surface area contributed by atoms with Gasteiger partial charge in [-0.2, -0.15) is 16.8 Å². The van der Waals surface area contributed by atoms with Gasteiger partial charge in [-0.05, 0) is 106 Å². The van der Waals surface area contributed by atoms with Crippen LogP contribution in [0.1, 0.15) is 106 Å². The molecule has 0 spiro atoms. The Morgan fingerprint density at radius 1 is 1.00 bits per heavy atom. The van der Waals surface area contributed by atoms with E-state index < -0.39 is 74.7 Å². The zero-order chi connectivity index (χ0) is 35.6. The number of fused-ring (bicyclic) bond motifs is 5. The van der Waals surface area contributed by atoms with Crippen LogP contribution in [0.3, 0.4) is 0 Å². The average molecular weight is 725 g/mol. The van der Waals surface area contributed by atoms with Gasteiger partial charge in [-0.25, -0.2) is 8.37 Å². The third kappa shape index (κ3) is 7.71. The summed E-state index contributed by atoms with van der Waals surface area (Å²) in [6.45, 7) is 12.2. The van der Waals surface area contributed by atoms with Crippen molar-refractivity contribution in [2.45, 2.75) is 154 Å². The van der Waals surface area contributed by atoms with Crippen LogP contribution in [0.4, 0.5) is 0 Å². The molecule has 0 amide bonds. The molecule has 2 unspecified atom stereocenters. The van der Waals surface area contributed by atoms with Crippen LogP contribution in [0.25, 0.3) is 0 Å². The van der Waals surface area contributed by atoms with Gasteiger partial charge in [0.1, 0.15) is 18.3 Å². The molecule has 3 saturated carbocycles. The minimum atomic E-state index is -4.95. The zero-order valence-electron chi connectivity index (χ0n) is 28.9. The molecule has 13 nitrogen and oxygen atoms in total. The molecule has 5 rings (SSSR count). The number of hydrogen-bond donors (Lipinski definition) is 5. The van der Waals surface area contributed by atoms with Gasteiger partial charge in [-0.1, -0.05) is 52.2 Å². The van der Waals surface area contributed by atoms with Crippen molar-refractivity contribution in [3.8, 4) is 0 Å². The van der Waals surface area contributed by atoms with Crippen molar-refractivity contribution in [1.82, 2.24) is 0 Å². The van der Waals surface area contributed by atoms with Gasteiger partial charge in [0.25, 0.3) is 0 Å². The monoisotopic (exact) mass is 724 g/mol. The van der Waals surface area contributed by atoms with Crippen molar-refractivity contribution >= 4 is 20.8 Å². The Kier molecular flexibility index (Phi) is 11.0. The summed E-state index contributed by atoms with van der Waals surface area (Å²) in [7, 11) is -9.66. The molecule has 15 heteroatoms. The van der Waals surface area contributed by atoms with E-state index in [0.717, 1.165) is 38.5 Å². The number of ether oxygens (including phenoxy) is 2. The fraction of sp³-hybridized carbons (Fsp3) is 0.939. The second kappa shape index (κ2) is 13.7. The highest BCUT2D eigenvalue weighted by Gasteiger charge is 2.62. The second-order valence-corrected chi connectivity index (χ2v) is 18.5. The Labute approximate surface area is 285 Å². The molecule has 14 atom stereocenters. The summed E-state index contributed by atoms with van der Waals surface area (Å²) >= 11 is 0. The fourth-order valence-corrected chi connectivity index (χ4v) is 11.6. The highest BCUT2D eigenvalue weighted by molar-refractivity contribution is 7.81. The van der Waals surface area contributed by atoms with Gasteiger partial charge in [0, 0.05) is 0 Å². The standard InChI is InChI=1S/C33H56O13S2/c1-18(2)8-7-13-33(6,36)26-10-9-22-21-17-25(44-30-28(35)27(34)29(19(3)43-30)46-48(40,41)42)24-16-20(45-47(37,38)39)11-14-31(24,4)23(21)12-15-32(22,26)5/h12,18-22,24-30,34-36H,7-11,13-17H2,1-6H3,(H,37,38,39)(H,40,41,42)/t19-,20+,21?,22?,24-,25+,26+,27-,28-,29-,30+,31-,32+,33+/m1/s1. The Bertz CT molecular complexity index is 1410. The first-order chi connectivity index (χ1) is 22.1. The van der Waals surface area contributed by atoms with Gasteiger partial charge < -0.3 is 24.8 Å². The van der Waals surface area contributed by atoms with Crippen LogP contribution in [0.5, 0.6) is 0 Å². The summed E-state index contributed by atoms with van der Waals surface area (Å²) in [4.78, 5) is 0. The maximum Gasteiger partial charge on any atom is 0.397 e. The highest BCUT2D eigenvalue weighted by atomic mass is 32.3. The molecular formula is C33H56O13S2. The van der Waals surface area contributed by atoms with Crippen molar-refractivity contribution < 1.29 is 59.1 Å². The van der Waals surface area contributed by atoms with E-state index in [1.54, 1.807) is 0 Å². The molecule has 4 fully saturated rings. The highest BCUT2D eigenvalue weighted by Crippen LogP contribution is 2.67. The fourth-order valence-electron chi connectivity index (χ4n) is 10.5. The number of aliphatic hydroxyl groups excluding tert-OH is 2. The van der Waals surface area contributed by atoms with Gasteiger partial charge in [0.05, 0.1) is 23.9 Å². The number of rotatable bonds is 11. The van der Waals surface area contributed by atoms with Crippen molar-refractivity contribution in [2.75, 3.05) is 0 Å². The zero-order valence-corrected chi connectivity index (χ0v) is 30.5. The van der Waals surface area contributed by atoms with Crippen LogP contribution in [-0.2, 0) is 38.6 Å². The molecule has 0 bridgehead atoms. The number of aliphatic hydroxyl groups is 3. The molecule has 1 saturated heterocycles. The lowest BCUT2D eigenvalue weighted by Gasteiger charge is -2.60. The van der Waals surface area contributed by atoms with Crippen molar-refractivity contribution in [1.29, 1.82) is 0 Å². The molecular weight excluding hydrogens is 668 g/mol. The molecule has 0 aromatic carbocycles. The van der Waals surface area contributed by atoms with Gasteiger partial charge in [0.2, 0.25) is 0 Å². The lowest BCUT2D eigenvalue weighted by atomic mass is 9.47. The van der Waals surface area contributed by atoms with Crippen LogP contribution in [-0.4, -0.2) is 89.8 Å².